The van der Waals surface area contributed by atoms with Gasteiger partial charge in [-0.05, 0) is 17.5 Å². The van der Waals surface area contributed by atoms with E-state index in [1.54, 1.807) is 12.1 Å². The first kappa shape index (κ1) is 14.0. The lowest BCUT2D eigenvalue weighted by atomic mass is 10.0. The summed E-state index contributed by atoms with van der Waals surface area (Å²) in [6, 6.07) is 14.2. The average molecular weight is 328 g/mol. The molecule has 114 valence electrons. The van der Waals surface area contributed by atoms with Gasteiger partial charge >= 0.3 is 0 Å². The molecule has 4 rings (SSSR count). The summed E-state index contributed by atoms with van der Waals surface area (Å²) in [7, 11) is 0. The molecular formula is C17H10F2N2OS. The molecule has 3 nitrogen and oxygen atoms in total. The molecule has 0 fully saturated rings. The minimum atomic E-state index is -2.64. The quantitative estimate of drug-likeness (QED) is 0.494. The molecular weight excluding hydrogens is 318 g/mol. The van der Waals surface area contributed by atoms with Crippen LogP contribution in [-0.2, 0) is 0 Å². The third-order valence-electron chi connectivity index (χ3n) is 3.53. The zero-order chi connectivity index (χ0) is 15.8. The normalized spacial score (nSPS) is 11.4. The van der Waals surface area contributed by atoms with Gasteiger partial charge in [-0.1, -0.05) is 41.6 Å². The van der Waals surface area contributed by atoms with Crippen molar-refractivity contribution in [2.75, 3.05) is 0 Å². The first-order valence-electron chi connectivity index (χ1n) is 6.92. The molecule has 3 heterocycles. The summed E-state index contributed by atoms with van der Waals surface area (Å²) in [5, 5.41) is 6.11. The van der Waals surface area contributed by atoms with Crippen LogP contribution in [0, 0.1) is 0 Å². The topological polar surface area (TPSA) is 38.9 Å². The SMILES string of the molecule is FC(F)c1cc(-c2cccs2)nc2onc(-c3ccccc3)c12. The van der Waals surface area contributed by atoms with Crippen molar-refractivity contribution in [3.8, 4) is 21.8 Å². The Morgan fingerprint density at radius 2 is 1.87 bits per heavy atom. The van der Waals surface area contributed by atoms with E-state index in [9.17, 15) is 8.78 Å². The van der Waals surface area contributed by atoms with E-state index in [0.29, 0.717) is 11.4 Å². The Hall–Kier alpha value is -2.60. The molecule has 0 saturated heterocycles. The van der Waals surface area contributed by atoms with Crippen molar-refractivity contribution in [3.63, 3.8) is 0 Å². The highest BCUT2D eigenvalue weighted by molar-refractivity contribution is 7.13. The second-order valence-electron chi connectivity index (χ2n) is 4.95. The van der Waals surface area contributed by atoms with Gasteiger partial charge in [0.2, 0.25) is 0 Å². The van der Waals surface area contributed by atoms with Gasteiger partial charge in [0.1, 0.15) is 5.69 Å². The van der Waals surface area contributed by atoms with Crippen LogP contribution in [0.2, 0.25) is 0 Å². The molecule has 0 aliphatic carbocycles. The fourth-order valence-corrected chi connectivity index (χ4v) is 3.18. The molecule has 0 N–H and O–H groups in total. The summed E-state index contributed by atoms with van der Waals surface area (Å²) in [5.41, 5.74) is 1.60. The van der Waals surface area contributed by atoms with Crippen molar-refractivity contribution >= 4 is 22.4 Å². The van der Waals surface area contributed by atoms with E-state index in [1.165, 1.54) is 17.4 Å². The van der Waals surface area contributed by atoms with E-state index < -0.39 is 6.43 Å². The van der Waals surface area contributed by atoms with E-state index in [1.807, 2.05) is 35.7 Å². The van der Waals surface area contributed by atoms with Gasteiger partial charge in [-0.25, -0.2) is 13.8 Å². The summed E-state index contributed by atoms with van der Waals surface area (Å²) in [4.78, 5) is 5.17. The molecule has 0 spiro atoms. The molecule has 6 heteroatoms. The standard InChI is InChI=1S/C17H10F2N2OS/c18-16(19)11-9-12(13-7-4-8-23-13)20-17-14(11)15(21-22-17)10-5-2-1-3-6-10/h1-9,16H. The zero-order valence-corrected chi connectivity index (χ0v) is 12.6. The summed E-state index contributed by atoms with van der Waals surface area (Å²) < 4.78 is 32.4. The zero-order valence-electron chi connectivity index (χ0n) is 11.7. The summed E-state index contributed by atoms with van der Waals surface area (Å²) in [5.74, 6) is 0. The predicted octanol–water partition coefficient (Wildman–Crippen LogP) is 5.56. The van der Waals surface area contributed by atoms with Gasteiger partial charge in [0.25, 0.3) is 12.1 Å². The van der Waals surface area contributed by atoms with Gasteiger partial charge in [0.15, 0.2) is 0 Å². The van der Waals surface area contributed by atoms with E-state index >= 15 is 0 Å². The Morgan fingerprint density at radius 3 is 2.57 bits per heavy atom. The number of benzene rings is 1. The van der Waals surface area contributed by atoms with E-state index in [0.717, 1.165) is 10.4 Å². The molecule has 23 heavy (non-hydrogen) atoms. The van der Waals surface area contributed by atoms with Crippen molar-refractivity contribution in [2.45, 2.75) is 6.43 Å². The highest BCUT2D eigenvalue weighted by atomic mass is 32.1. The van der Waals surface area contributed by atoms with Gasteiger partial charge in [0.05, 0.1) is 16.0 Å². The minimum absolute atomic E-state index is 0.112. The fraction of sp³-hybridized carbons (Fsp3) is 0.0588. The van der Waals surface area contributed by atoms with Gasteiger partial charge in [-0.2, -0.15) is 0 Å². The van der Waals surface area contributed by atoms with Crippen LogP contribution in [0.1, 0.15) is 12.0 Å². The lowest BCUT2D eigenvalue weighted by molar-refractivity contribution is 0.153. The number of nitrogens with zero attached hydrogens (tertiary/aromatic N) is 2. The largest absolute Gasteiger partial charge is 0.335 e. The summed E-state index contributed by atoms with van der Waals surface area (Å²) in [6.07, 6.45) is -2.64. The number of pyridine rings is 1. The molecule has 0 saturated carbocycles. The lowest BCUT2D eigenvalue weighted by Gasteiger charge is -2.05. The molecule has 1 aromatic carbocycles. The number of alkyl halides is 2. The molecule has 0 bridgehead atoms. The average Bonchev–Trinajstić information content (AvgIpc) is 3.24. The van der Waals surface area contributed by atoms with Crippen LogP contribution in [0.5, 0.6) is 0 Å². The molecule has 0 aliphatic rings. The molecule has 3 aromatic heterocycles. The van der Waals surface area contributed by atoms with Gasteiger partial charge in [-0.15, -0.1) is 11.3 Å². The van der Waals surface area contributed by atoms with Crippen LogP contribution in [0.4, 0.5) is 8.78 Å². The smallest absolute Gasteiger partial charge is 0.264 e. The Morgan fingerprint density at radius 1 is 1.04 bits per heavy atom. The number of fused-ring (bicyclic) bond motifs is 1. The molecule has 0 unspecified atom stereocenters. The van der Waals surface area contributed by atoms with Gasteiger partial charge in [0, 0.05) is 11.1 Å². The molecule has 0 atom stereocenters. The van der Waals surface area contributed by atoms with Gasteiger partial charge < -0.3 is 4.52 Å². The number of thiophene rings is 1. The predicted molar refractivity (Wildman–Crippen MR) is 85.5 cm³/mol. The van der Waals surface area contributed by atoms with Crippen LogP contribution in [0.25, 0.3) is 32.9 Å². The number of hydrogen-bond acceptors (Lipinski definition) is 4. The summed E-state index contributed by atoms with van der Waals surface area (Å²) in [6.45, 7) is 0. The van der Waals surface area contributed by atoms with E-state index in [-0.39, 0.29) is 16.7 Å². The number of hydrogen-bond donors (Lipinski definition) is 0. The first-order valence-corrected chi connectivity index (χ1v) is 7.80. The number of rotatable bonds is 3. The maximum Gasteiger partial charge on any atom is 0.264 e. The Labute approximate surface area is 134 Å². The number of halogens is 2. The third-order valence-corrected chi connectivity index (χ3v) is 4.43. The third kappa shape index (κ3) is 2.41. The highest BCUT2D eigenvalue weighted by Crippen LogP contribution is 2.37. The maximum atomic E-state index is 13.6. The second-order valence-corrected chi connectivity index (χ2v) is 5.90. The van der Waals surface area contributed by atoms with Crippen LogP contribution in [-0.4, -0.2) is 10.1 Å². The van der Waals surface area contributed by atoms with Crippen molar-refractivity contribution in [1.29, 1.82) is 0 Å². The molecule has 0 radical (unpaired) electrons. The van der Waals surface area contributed by atoms with Crippen LogP contribution < -0.4 is 0 Å². The van der Waals surface area contributed by atoms with Crippen molar-refractivity contribution < 1.29 is 13.3 Å². The van der Waals surface area contributed by atoms with Crippen molar-refractivity contribution in [1.82, 2.24) is 10.1 Å². The summed E-state index contributed by atoms with van der Waals surface area (Å²) >= 11 is 1.44. The lowest BCUT2D eigenvalue weighted by Crippen LogP contribution is -1.92. The van der Waals surface area contributed by atoms with Crippen LogP contribution in [0.15, 0.2) is 58.4 Å². The van der Waals surface area contributed by atoms with Crippen LogP contribution in [0.3, 0.4) is 0 Å². The molecule has 0 amide bonds. The maximum absolute atomic E-state index is 13.6. The number of aromatic nitrogens is 2. The van der Waals surface area contributed by atoms with Crippen LogP contribution >= 0.6 is 11.3 Å². The van der Waals surface area contributed by atoms with Crippen molar-refractivity contribution in [2.24, 2.45) is 0 Å². The Bertz CT molecular complexity index is 950. The molecule has 0 aliphatic heterocycles. The van der Waals surface area contributed by atoms with Gasteiger partial charge in [-0.3, -0.25) is 0 Å². The van der Waals surface area contributed by atoms with E-state index in [2.05, 4.69) is 10.1 Å². The molecule has 4 aromatic rings. The van der Waals surface area contributed by atoms with Crippen molar-refractivity contribution in [3.05, 3.63) is 59.5 Å². The first-order chi connectivity index (χ1) is 11.2. The second kappa shape index (κ2) is 5.55. The Balaban J connectivity index is 1.99. The minimum Gasteiger partial charge on any atom is -0.335 e. The van der Waals surface area contributed by atoms with E-state index in [4.69, 9.17) is 4.52 Å². The fourth-order valence-electron chi connectivity index (χ4n) is 2.49. The Kier molecular flexibility index (Phi) is 3.38. The monoisotopic (exact) mass is 328 g/mol. The highest BCUT2D eigenvalue weighted by Gasteiger charge is 2.22.